The van der Waals surface area contributed by atoms with Gasteiger partial charge in [0.15, 0.2) is 11.5 Å². The zero-order valence-corrected chi connectivity index (χ0v) is 18.1. The maximum Gasteiger partial charge on any atom is 0.254 e. The Morgan fingerprint density at radius 1 is 1.13 bits per heavy atom. The van der Waals surface area contributed by atoms with E-state index in [0.29, 0.717) is 60.2 Å². The Kier molecular flexibility index (Phi) is 7.57. The molecule has 0 atom stereocenters. The third-order valence-corrected chi connectivity index (χ3v) is 5.36. The first-order valence-electron chi connectivity index (χ1n) is 10.2. The highest BCUT2D eigenvalue weighted by molar-refractivity contribution is 6.32. The van der Waals surface area contributed by atoms with E-state index in [0.717, 1.165) is 6.42 Å². The molecule has 2 aromatic carbocycles. The number of nitrogens with one attached hydrogen (secondary N) is 1. The van der Waals surface area contributed by atoms with Crippen LogP contribution in [0.3, 0.4) is 0 Å². The summed E-state index contributed by atoms with van der Waals surface area (Å²) >= 11 is 6.35. The number of carbonyl (C=O) groups is 2. The number of amides is 2. The number of hydrogen-bond donors (Lipinski definition) is 1. The highest BCUT2D eigenvalue weighted by Crippen LogP contribution is 2.37. The van der Waals surface area contributed by atoms with E-state index in [1.54, 1.807) is 29.2 Å². The SMILES string of the molecule is CCCOc1c(Cl)cc(C(=O)N2CCC(NC(=O)c3ccccc3)CC2)cc1OC. The number of piperidine rings is 1. The maximum atomic E-state index is 13.0. The Labute approximate surface area is 182 Å². The first kappa shape index (κ1) is 22.0. The average Bonchev–Trinajstić information content (AvgIpc) is 2.78. The summed E-state index contributed by atoms with van der Waals surface area (Å²) in [5.74, 6) is 0.717. The topological polar surface area (TPSA) is 67.9 Å². The lowest BCUT2D eigenvalue weighted by Gasteiger charge is -2.32. The molecular formula is C23H27ClN2O4. The first-order valence-corrected chi connectivity index (χ1v) is 10.6. The van der Waals surface area contributed by atoms with Gasteiger partial charge >= 0.3 is 0 Å². The van der Waals surface area contributed by atoms with Crippen molar-refractivity contribution in [1.82, 2.24) is 10.2 Å². The Morgan fingerprint density at radius 3 is 2.47 bits per heavy atom. The van der Waals surface area contributed by atoms with Gasteiger partial charge in [0.05, 0.1) is 18.7 Å². The van der Waals surface area contributed by atoms with E-state index in [1.807, 2.05) is 25.1 Å². The summed E-state index contributed by atoms with van der Waals surface area (Å²) in [6.45, 7) is 3.65. The van der Waals surface area contributed by atoms with Crippen molar-refractivity contribution in [3.8, 4) is 11.5 Å². The van der Waals surface area contributed by atoms with Crippen LogP contribution in [0.1, 0.15) is 46.9 Å². The fourth-order valence-electron chi connectivity index (χ4n) is 3.46. The molecule has 1 aliphatic rings. The summed E-state index contributed by atoms with van der Waals surface area (Å²) in [4.78, 5) is 27.1. The molecule has 6 nitrogen and oxygen atoms in total. The van der Waals surface area contributed by atoms with E-state index in [1.165, 1.54) is 7.11 Å². The minimum Gasteiger partial charge on any atom is -0.493 e. The molecule has 1 fully saturated rings. The highest BCUT2D eigenvalue weighted by Gasteiger charge is 2.26. The number of methoxy groups -OCH3 is 1. The number of rotatable bonds is 7. The summed E-state index contributed by atoms with van der Waals surface area (Å²) in [6, 6.07) is 12.5. The summed E-state index contributed by atoms with van der Waals surface area (Å²) < 4.78 is 11.0. The number of hydrogen-bond acceptors (Lipinski definition) is 4. The number of benzene rings is 2. The van der Waals surface area contributed by atoms with Gasteiger partial charge in [-0.25, -0.2) is 0 Å². The predicted molar refractivity (Wildman–Crippen MR) is 117 cm³/mol. The minimum atomic E-state index is -0.106. The molecule has 2 amide bonds. The van der Waals surface area contributed by atoms with Gasteiger partial charge in [0.1, 0.15) is 0 Å². The van der Waals surface area contributed by atoms with E-state index in [-0.39, 0.29) is 17.9 Å². The van der Waals surface area contributed by atoms with Crippen LogP contribution in [0.25, 0.3) is 0 Å². The largest absolute Gasteiger partial charge is 0.493 e. The molecule has 0 saturated carbocycles. The average molecular weight is 431 g/mol. The van der Waals surface area contributed by atoms with Crippen LogP contribution < -0.4 is 14.8 Å². The third-order valence-electron chi connectivity index (χ3n) is 5.08. The molecule has 2 aromatic rings. The number of likely N-dealkylation sites (tertiary alicyclic amines) is 1. The monoisotopic (exact) mass is 430 g/mol. The second-order valence-electron chi connectivity index (χ2n) is 7.24. The van der Waals surface area contributed by atoms with Crippen LogP contribution in [0.2, 0.25) is 5.02 Å². The number of carbonyl (C=O) groups excluding carboxylic acids is 2. The molecule has 0 unspecified atom stereocenters. The van der Waals surface area contributed by atoms with Crippen LogP contribution in [0.4, 0.5) is 0 Å². The van der Waals surface area contributed by atoms with Gasteiger partial charge in [-0.2, -0.15) is 0 Å². The lowest BCUT2D eigenvalue weighted by atomic mass is 10.0. The van der Waals surface area contributed by atoms with Crippen molar-refractivity contribution in [2.75, 3.05) is 26.8 Å². The van der Waals surface area contributed by atoms with Crippen LogP contribution in [0.15, 0.2) is 42.5 Å². The zero-order chi connectivity index (χ0) is 21.5. The van der Waals surface area contributed by atoms with Gasteiger partial charge in [-0.15, -0.1) is 0 Å². The quantitative estimate of drug-likeness (QED) is 0.715. The standard InChI is InChI=1S/C23H27ClN2O4/c1-3-13-30-21-19(24)14-17(15-20(21)29-2)23(28)26-11-9-18(10-12-26)25-22(27)16-7-5-4-6-8-16/h4-8,14-15,18H,3,9-13H2,1-2H3,(H,25,27). The van der Waals surface area contributed by atoms with Gasteiger partial charge in [-0.05, 0) is 43.5 Å². The molecule has 1 saturated heterocycles. The van der Waals surface area contributed by atoms with Crippen molar-refractivity contribution in [2.45, 2.75) is 32.2 Å². The van der Waals surface area contributed by atoms with Crippen molar-refractivity contribution in [3.63, 3.8) is 0 Å². The van der Waals surface area contributed by atoms with Crippen LogP contribution in [0.5, 0.6) is 11.5 Å². The zero-order valence-electron chi connectivity index (χ0n) is 17.3. The number of nitrogens with zero attached hydrogens (tertiary/aromatic N) is 1. The Morgan fingerprint density at radius 2 is 1.83 bits per heavy atom. The predicted octanol–water partition coefficient (Wildman–Crippen LogP) is 4.17. The van der Waals surface area contributed by atoms with E-state index < -0.39 is 0 Å². The molecule has 1 heterocycles. The van der Waals surface area contributed by atoms with Crippen molar-refractivity contribution >= 4 is 23.4 Å². The van der Waals surface area contributed by atoms with Gasteiger partial charge in [-0.1, -0.05) is 36.7 Å². The lowest BCUT2D eigenvalue weighted by molar-refractivity contribution is 0.0697. The molecule has 0 aromatic heterocycles. The van der Waals surface area contributed by atoms with Crippen LogP contribution in [-0.4, -0.2) is 49.6 Å². The molecule has 1 N–H and O–H groups in total. The van der Waals surface area contributed by atoms with Crippen LogP contribution in [0, 0.1) is 0 Å². The lowest BCUT2D eigenvalue weighted by Crippen LogP contribution is -2.46. The fourth-order valence-corrected chi connectivity index (χ4v) is 3.72. The van der Waals surface area contributed by atoms with Crippen molar-refractivity contribution in [2.24, 2.45) is 0 Å². The smallest absolute Gasteiger partial charge is 0.254 e. The summed E-state index contributed by atoms with van der Waals surface area (Å²) in [5, 5.41) is 3.41. The van der Waals surface area contributed by atoms with Gasteiger partial charge in [0, 0.05) is 30.3 Å². The van der Waals surface area contributed by atoms with Crippen LogP contribution >= 0.6 is 11.6 Å². The molecule has 1 aliphatic heterocycles. The minimum absolute atomic E-state index is 0.0460. The fraction of sp³-hybridized carbons (Fsp3) is 0.391. The van der Waals surface area contributed by atoms with Gasteiger partial charge < -0.3 is 19.7 Å². The molecule has 0 radical (unpaired) electrons. The Bertz CT molecular complexity index is 880. The summed E-state index contributed by atoms with van der Waals surface area (Å²) in [7, 11) is 1.53. The molecule has 0 aliphatic carbocycles. The maximum absolute atomic E-state index is 13.0. The number of ether oxygens (including phenoxy) is 2. The molecule has 7 heteroatoms. The molecular weight excluding hydrogens is 404 g/mol. The normalized spacial score (nSPS) is 14.3. The molecule has 0 bridgehead atoms. The highest BCUT2D eigenvalue weighted by atomic mass is 35.5. The molecule has 30 heavy (non-hydrogen) atoms. The van der Waals surface area contributed by atoms with Crippen LogP contribution in [-0.2, 0) is 0 Å². The van der Waals surface area contributed by atoms with Gasteiger partial charge in [0.2, 0.25) is 0 Å². The Hall–Kier alpha value is -2.73. The van der Waals surface area contributed by atoms with E-state index in [4.69, 9.17) is 21.1 Å². The van der Waals surface area contributed by atoms with E-state index >= 15 is 0 Å². The first-order chi connectivity index (χ1) is 14.5. The summed E-state index contributed by atoms with van der Waals surface area (Å²) in [6.07, 6.45) is 2.25. The van der Waals surface area contributed by atoms with Crippen molar-refractivity contribution in [3.05, 3.63) is 58.6 Å². The third kappa shape index (κ3) is 5.25. The number of halogens is 1. The Balaban J connectivity index is 1.61. The van der Waals surface area contributed by atoms with Gasteiger partial charge in [-0.3, -0.25) is 9.59 Å². The second kappa shape index (κ2) is 10.3. The summed E-state index contributed by atoms with van der Waals surface area (Å²) in [5.41, 5.74) is 1.11. The van der Waals surface area contributed by atoms with Crippen molar-refractivity contribution < 1.29 is 19.1 Å². The molecule has 0 spiro atoms. The second-order valence-corrected chi connectivity index (χ2v) is 7.65. The van der Waals surface area contributed by atoms with E-state index in [9.17, 15) is 9.59 Å². The van der Waals surface area contributed by atoms with E-state index in [2.05, 4.69) is 5.32 Å². The van der Waals surface area contributed by atoms with Crippen molar-refractivity contribution in [1.29, 1.82) is 0 Å². The molecule has 160 valence electrons. The van der Waals surface area contributed by atoms with Gasteiger partial charge in [0.25, 0.3) is 11.8 Å². The molecule has 3 rings (SSSR count).